The van der Waals surface area contributed by atoms with Crippen molar-refractivity contribution in [1.29, 1.82) is 0 Å². The molecule has 0 unspecified atom stereocenters. The van der Waals surface area contributed by atoms with E-state index >= 15 is 0 Å². The summed E-state index contributed by atoms with van der Waals surface area (Å²) >= 11 is 3.06. The summed E-state index contributed by atoms with van der Waals surface area (Å²) in [7, 11) is 0. The first kappa shape index (κ1) is 22.5. The van der Waals surface area contributed by atoms with Gasteiger partial charge >= 0.3 is 0 Å². The Balaban J connectivity index is 1.44. The van der Waals surface area contributed by atoms with Crippen molar-refractivity contribution in [3.8, 4) is 10.7 Å². The maximum Gasteiger partial charge on any atom is 0.191 e. The van der Waals surface area contributed by atoms with E-state index in [1.54, 1.807) is 23.5 Å². The third kappa shape index (κ3) is 4.71. The molecule has 1 aromatic carbocycles. The lowest BCUT2D eigenvalue weighted by Gasteiger charge is -2.10. The molecule has 5 nitrogen and oxygen atoms in total. The molecule has 4 rings (SSSR count). The predicted octanol–water partition coefficient (Wildman–Crippen LogP) is 5.80. The van der Waals surface area contributed by atoms with E-state index in [4.69, 9.17) is 0 Å². The number of ketones is 1. The second-order valence-corrected chi connectivity index (χ2v) is 9.44. The van der Waals surface area contributed by atoms with Crippen molar-refractivity contribution in [3.63, 3.8) is 0 Å². The molecule has 0 amide bonds. The summed E-state index contributed by atoms with van der Waals surface area (Å²) in [6.07, 6.45) is 0.782. The first-order valence-corrected chi connectivity index (χ1v) is 12.4. The van der Waals surface area contributed by atoms with Gasteiger partial charge < -0.3 is 9.13 Å². The minimum absolute atomic E-state index is 0.0828. The zero-order chi connectivity index (χ0) is 22.7. The van der Waals surface area contributed by atoms with Crippen LogP contribution >= 0.6 is 23.1 Å². The van der Waals surface area contributed by atoms with Gasteiger partial charge in [-0.1, -0.05) is 30.0 Å². The summed E-state index contributed by atoms with van der Waals surface area (Å²) in [5.74, 6) is 1.01. The highest BCUT2D eigenvalue weighted by Gasteiger charge is 2.19. The van der Waals surface area contributed by atoms with Crippen molar-refractivity contribution < 1.29 is 9.18 Å². The Kier molecular flexibility index (Phi) is 6.91. The molecule has 32 heavy (non-hydrogen) atoms. The minimum Gasteiger partial charge on any atom is -0.348 e. The third-order valence-corrected chi connectivity index (χ3v) is 7.35. The van der Waals surface area contributed by atoms with Crippen LogP contribution in [0.2, 0.25) is 0 Å². The Hall–Kier alpha value is -2.71. The smallest absolute Gasteiger partial charge is 0.191 e. The normalized spacial score (nSPS) is 11.2. The first-order chi connectivity index (χ1) is 15.5. The van der Waals surface area contributed by atoms with Crippen LogP contribution < -0.4 is 0 Å². The van der Waals surface area contributed by atoms with Crippen molar-refractivity contribution in [2.24, 2.45) is 0 Å². The standard InChI is InChI=1S/C24H25FN4OS2/c1-4-28-23(22-6-5-13-31-22)26-27-24(28)32-15-21(30)20-14-16(2)29(17(20)3)12-11-18-7-9-19(25)10-8-18/h5-10,13-14H,4,11-12,15H2,1-3H3. The highest BCUT2D eigenvalue weighted by Crippen LogP contribution is 2.28. The SMILES string of the molecule is CCn1c(SCC(=O)c2cc(C)n(CCc3ccc(F)cc3)c2C)nnc1-c1cccs1. The molecule has 0 bridgehead atoms. The predicted molar refractivity (Wildman–Crippen MR) is 128 cm³/mol. The Morgan fingerprint density at radius 3 is 2.59 bits per heavy atom. The average Bonchev–Trinajstić information content (AvgIpc) is 3.51. The maximum absolute atomic E-state index is 13.1. The summed E-state index contributed by atoms with van der Waals surface area (Å²) in [5.41, 5.74) is 3.83. The number of rotatable bonds is 9. The van der Waals surface area contributed by atoms with Crippen molar-refractivity contribution in [1.82, 2.24) is 19.3 Å². The van der Waals surface area contributed by atoms with E-state index < -0.39 is 0 Å². The van der Waals surface area contributed by atoms with Crippen molar-refractivity contribution in [2.45, 2.75) is 45.4 Å². The van der Waals surface area contributed by atoms with Gasteiger partial charge in [-0.2, -0.15) is 0 Å². The van der Waals surface area contributed by atoms with Crippen LogP contribution in [-0.4, -0.2) is 30.9 Å². The number of nitrogens with zero attached hydrogens (tertiary/aromatic N) is 4. The van der Waals surface area contributed by atoms with Crippen LogP contribution in [0, 0.1) is 19.7 Å². The number of aryl methyl sites for hydroxylation is 2. The van der Waals surface area contributed by atoms with Crippen LogP contribution in [0.25, 0.3) is 10.7 Å². The molecule has 0 atom stereocenters. The molecule has 0 saturated heterocycles. The first-order valence-electron chi connectivity index (χ1n) is 10.5. The molecule has 0 fully saturated rings. The van der Waals surface area contributed by atoms with Gasteiger partial charge in [0.05, 0.1) is 10.6 Å². The minimum atomic E-state index is -0.228. The molecular formula is C24H25FN4OS2. The Morgan fingerprint density at radius 2 is 1.91 bits per heavy atom. The van der Waals surface area contributed by atoms with Gasteiger partial charge in [0.2, 0.25) is 0 Å². The fourth-order valence-electron chi connectivity index (χ4n) is 3.80. The third-order valence-electron chi connectivity index (χ3n) is 5.52. The molecule has 0 radical (unpaired) electrons. The van der Waals surface area contributed by atoms with Gasteiger partial charge in [-0.05, 0) is 62.4 Å². The van der Waals surface area contributed by atoms with Gasteiger partial charge in [-0.25, -0.2) is 4.39 Å². The van der Waals surface area contributed by atoms with Crippen LogP contribution in [0.3, 0.4) is 0 Å². The fourth-order valence-corrected chi connectivity index (χ4v) is 5.40. The number of thiophene rings is 1. The molecule has 0 spiro atoms. The maximum atomic E-state index is 13.1. The van der Waals surface area contributed by atoms with E-state index in [0.29, 0.717) is 5.75 Å². The zero-order valence-electron chi connectivity index (χ0n) is 18.3. The highest BCUT2D eigenvalue weighted by atomic mass is 32.2. The zero-order valence-corrected chi connectivity index (χ0v) is 20.0. The highest BCUT2D eigenvalue weighted by molar-refractivity contribution is 7.99. The molecule has 0 aliphatic heterocycles. The molecule has 0 saturated carbocycles. The van der Waals surface area contributed by atoms with Crippen LogP contribution in [0.1, 0.15) is 34.2 Å². The van der Waals surface area contributed by atoms with Crippen molar-refractivity contribution in [2.75, 3.05) is 5.75 Å². The number of benzene rings is 1. The number of carbonyl (C=O) groups excluding carboxylic acids is 1. The van der Waals surface area contributed by atoms with Crippen LogP contribution in [0.15, 0.2) is 53.0 Å². The van der Waals surface area contributed by atoms with Gasteiger partial charge in [-0.3, -0.25) is 4.79 Å². The number of hydrogen-bond acceptors (Lipinski definition) is 5. The number of carbonyl (C=O) groups is 1. The van der Waals surface area contributed by atoms with E-state index in [0.717, 1.165) is 57.9 Å². The quantitative estimate of drug-likeness (QED) is 0.230. The summed E-state index contributed by atoms with van der Waals surface area (Å²) in [4.78, 5) is 14.1. The van der Waals surface area contributed by atoms with Crippen molar-refractivity contribution in [3.05, 3.63) is 76.2 Å². The number of hydrogen-bond donors (Lipinski definition) is 0. The lowest BCUT2D eigenvalue weighted by molar-refractivity contribution is 0.102. The van der Waals surface area contributed by atoms with Crippen LogP contribution in [-0.2, 0) is 19.5 Å². The molecule has 8 heteroatoms. The topological polar surface area (TPSA) is 52.7 Å². The van der Waals surface area contributed by atoms with Crippen LogP contribution in [0.5, 0.6) is 0 Å². The lowest BCUT2D eigenvalue weighted by Crippen LogP contribution is -2.09. The van der Waals surface area contributed by atoms with E-state index in [1.807, 2.05) is 37.4 Å². The average molecular weight is 469 g/mol. The number of Topliss-reactive ketones (excluding diaryl/α,β-unsaturated/α-hetero) is 1. The number of aromatic nitrogens is 4. The lowest BCUT2D eigenvalue weighted by atomic mass is 10.1. The second-order valence-electron chi connectivity index (χ2n) is 7.55. The Morgan fingerprint density at radius 1 is 1.12 bits per heavy atom. The Labute approximate surface area is 195 Å². The summed E-state index contributed by atoms with van der Waals surface area (Å²) < 4.78 is 17.3. The van der Waals surface area contributed by atoms with Crippen LogP contribution in [0.4, 0.5) is 4.39 Å². The van der Waals surface area contributed by atoms with E-state index in [2.05, 4.69) is 26.3 Å². The molecule has 3 aromatic heterocycles. The molecular weight excluding hydrogens is 443 g/mol. The largest absolute Gasteiger partial charge is 0.348 e. The summed E-state index contributed by atoms with van der Waals surface area (Å²) in [5, 5.41) is 11.4. The summed E-state index contributed by atoms with van der Waals surface area (Å²) in [6, 6.07) is 12.6. The van der Waals surface area contributed by atoms with Crippen molar-refractivity contribution >= 4 is 28.9 Å². The molecule has 0 aliphatic rings. The van der Waals surface area contributed by atoms with Gasteiger partial charge in [0.1, 0.15) is 5.82 Å². The molecule has 166 valence electrons. The van der Waals surface area contributed by atoms with E-state index in [1.165, 1.54) is 23.9 Å². The molecule has 0 aliphatic carbocycles. The Bertz CT molecular complexity index is 1210. The second kappa shape index (κ2) is 9.83. The monoisotopic (exact) mass is 468 g/mol. The van der Waals surface area contributed by atoms with Gasteiger partial charge in [0.25, 0.3) is 0 Å². The van der Waals surface area contributed by atoms with E-state index in [9.17, 15) is 9.18 Å². The van der Waals surface area contributed by atoms with E-state index in [-0.39, 0.29) is 11.6 Å². The fraction of sp³-hybridized carbons (Fsp3) is 0.292. The van der Waals surface area contributed by atoms with Gasteiger partial charge in [-0.15, -0.1) is 21.5 Å². The number of halogens is 1. The summed E-state index contributed by atoms with van der Waals surface area (Å²) in [6.45, 7) is 7.55. The van der Waals surface area contributed by atoms with Gasteiger partial charge in [0, 0.05) is 30.0 Å². The molecule has 3 heterocycles. The number of thioether (sulfide) groups is 1. The molecule has 0 N–H and O–H groups in total. The molecule has 4 aromatic rings. The van der Waals surface area contributed by atoms with Gasteiger partial charge in [0.15, 0.2) is 16.8 Å².